The first kappa shape index (κ1) is 17.3. The molecule has 0 aliphatic heterocycles. The zero-order valence-electron chi connectivity index (χ0n) is 14.2. The maximum atomic E-state index is 12.7. The van der Waals surface area contributed by atoms with Crippen molar-refractivity contribution in [2.75, 3.05) is 6.61 Å². The molecule has 5 heteroatoms. The van der Waals surface area contributed by atoms with Crippen LogP contribution in [0.2, 0.25) is 0 Å². The third kappa shape index (κ3) is 4.74. The molecule has 1 aromatic heterocycles. The van der Waals surface area contributed by atoms with E-state index in [1.165, 1.54) is 0 Å². The Kier molecular flexibility index (Phi) is 5.69. The quantitative estimate of drug-likeness (QED) is 0.653. The molecule has 3 rings (SSSR count). The van der Waals surface area contributed by atoms with Crippen molar-refractivity contribution >= 4 is 5.91 Å². The third-order valence-corrected chi connectivity index (χ3v) is 3.84. The molecule has 0 atom stereocenters. The van der Waals surface area contributed by atoms with Crippen LogP contribution in [0.25, 0.3) is 0 Å². The summed E-state index contributed by atoms with van der Waals surface area (Å²) in [6, 6.07) is 22.1. The van der Waals surface area contributed by atoms with Crippen LogP contribution in [-0.4, -0.2) is 17.4 Å². The smallest absolute Gasteiger partial charge is 0.261 e. The van der Waals surface area contributed by atoms with E-state index in [0.717, 1.165) is 5.56 Å². The van der Waals surface area contributed by atoms with E-state index in [0.29, 0.717) is 30.2 Å². The van der Waals surface area contributed by atoms with Gasteiger partial charge in [0, 0.05) is 6.54 Å². The van der Waals surface area contributed by atoms with E-state index in [-0.39, 0.29) is 12.5 Å². The highest BCUT2D eigenvalue weighted by atomic mass is 16.5. The van der Waals surface area contributed by atoms with Gasteiger partial charge in [0.2, 0.25) is 0 Å². The van der Waals surface area contributed by atoms with Crippen LogP contribution in [0.3, 0.4) is 0 Å². The maximum Gasteiger partial charge on any atom is 0.261 e. The predicted octanol–water partition coefficient (Wildman–Crippen LogP) is 3.76. The van der Waals surface area contributed by atoms with Crippen molar-refractivity contribution in [2.24, 2.45) is 0 Å². The minimum absolute atomic E-state index is 0.0839. The normalized spacial score (nSPS) is 10.1. The molecule has 0 aliphatic carbocycles. The molecular weight excluding hydrogens is 328 g/mol. The number of ether oxygens (including phenoxy) is 1. The summed E-state index contributed by atoms with van der Waals surface area (Å²) in [6.45, 7) is 0.758. The van der Waals surface area contributed by atoms with Gasteiger partial charge < -0.3 is 14.1 Å². The van der Waals surface area contributed by atoms with E-state index in [1.807, 2.05) is 42.5 Å². The van der Waals surface area contributed by atoms with Gasteiger partial charge >= 0.3 is 0 Å². The number of amides is 1. The molecule has 0 unspecified atom stereocenters. The Morgan fingerprint density at radius 3 is 2.42 bits per heavy atom. The van der Waals surface area contributed by atoms with Crippen molar-refractivity contribution in [1.29, 1.82) is 5.26 Å². The summed E-state index contributed by atoms with van der Waals surface area (Å²) >= 11 is 0. The van der Waals surface area contributed by atoms with Gasteiger partial charge in [-0.15, -0.1) is 0 Å². The maximum absolute atomic E-state index is 12.7. The van der Waals surface area contributed by atoms with E-state index in [2.05, 4.69) is 0 Å². The molecule has 0 saturated carbocycles. The molecule has 1 heterocycles. The van der Waals surface area contributed by atoms with Crippen LogP contribution >= 0.6 is 0 Å². The van der Waals surface area contributed by atoms with Gasteiger partial charge in [-0.2, -0.15) is 5.26 Å². The average Bonchev–Trinajstić information content (AvgIpc) is 3.20. The number of rotatable bonds is 7. The van der Waals surface area contributed by atoms with E-state index < -0.39 is 0 Å². The molecule has 0 saturated heterocycles. The Hall–Kier alpha value is -3.52. The zero-order valence-corrected chi connectivity index (χ0v) is 14.2. The highest BCUT2D eigenvalue weighted by Crippen LogP contribution is 2.14. The highest BCUT2D eigenvalue weighted by Gasteiger charge is 2.16. The van der Waals surface area contributed by atoms with Crippen molar-refractivity contribution in [1.82, 2.24) is 4.90 Å². The lowest BCUT2D eigenvalue weighted by atomic mass is 10.2. The van der Waals surface area contributed by atoms with Gasteiger partial charge in [0.05, 0.1) is 24.4 Å². The first-order valence-electron chi connectivity index (χ1n) is 8.21. The molecule has 0 N–H and O–H groups in total. The molecule has 3 aromatic rings. The van der Waals surface area contributed by atoms with Crippen molar-refractivity contribution in [3.05, 3.63) is 89.9 Å². The van der Waals surface area contributed by atoms with E-state index in [1.54, 1.807) is 41.5 Å². The second-order valence-electron chi connectivity index (χ2n) is 5.74. The summed E-state index contributed by atoms with van der Waals surface area (Å²) in [5, 5.41) is 8.82. The Morgan fingerprint density at radius 1 is 1.00 bits per heavy atom. The first-order valence-corrected chi connectivity index (χ1v) is 8.21. The first-order chi connectivity index (χ1) is 12.7. The fraction of sp³-hybridized carbons (Fsp3) is 0.143. The fourth-order valence-electron chi connectivity index (χ4n) is 2.49. The Morgan fingerprint density at radius 2 is 1.77 bits per heavy atom. The average molecular weight is 346 g/mol. The topological polar surface area (TPSA) is 66.5 Å². The van der Waals surface area contributed by atoms with Crippen molar-refractivity contribution in [3.8, 4) is 11.8 Å². The lowest BCUT2D eigenvalue weighted by molar-refractivity contribution is -0.134. The van der Waals surface area contributed by atoms with Crippen LogP contribution in [0.5, 0.6) is 5.75 Å². The van der Waals surface area contributed by atoms with Crippen LogP contribution in [0.1, 0.15) is 16.9 Å². The molecular formula is C21H18N2O3. The molecule has 130 valence electrons. The number of nitrogens with zero attached hydrogens (tertiary/aromatic N) is 2. The molecule has 0 bridgehead atoms. The van der Waals surface area contributed by atoms with Gasteiger partial charge in [0.1, 0.15) is 11.5 Å². The van der Waals surface area contributed by atoms with Gasteiger partial charge in [0.25, 0.3) is 5.91 Å². The monoisotopic (exact) mass is 346 g/mol. The molecule has 1 amide bonds. The van der Waals surface area contributed by atoms with Crippen molar-refractivity contribution in [2.45, 2.75) is 13.1 Å². The van der Waals surface area contributed by atoms with Gasteiger partial charge in [-0.1, -0.05) is 30.3 Å². The molecule has 26 heavy (non-hydrogen) atoms. The molecule has 0 radical (unpaired) electrons. The summed E-state index contributed by atoms with van der Waals surface area (Å²) in [4.78, 5) is 14.4. The standard InChI is InChI=1S/C21H18N2O3/c22-13-17-8-10-19(11-9-17)26-16-21(24)23(15-20-7-4-12-25-20)14-18-5-2-1-3-6-18/h1-12H,14-16H2. The fourth-order valence-corrected chi connectivity index (χ4v) is 2.49. The summed E-state index contributed by atoms with van der Waals surface area (Å²) in [7, 11) is 0. The minimum atomic E-state index is -0.144. The Bertz CT molecular complexity index is 866. The highest BCUT2D eigenvalue weighted by molar-refractivity contribution is 5.77. The predicted molar refractivity (Wildman–Crippen MR) is 96.1 cm³/mol. The van der Waals surface area contributed by atoms with E-state index >= 15 is 0 Å². The molecule has 0 fully saturated rings. The van der Waals surface area contributed by atoms with Crippen LogP contribution in [0.15, 0.2) is 77.4 Å². The van der Waals surface area contributed by atoms with Gasteiger partial charge in [-0.05, 0) is 42.0 Å². The molecule has 5 nitrogen and oxygen atoms in total. The number of hydrogen-bond acceptors (Lipinski definition) is 4. The summed E-state index contributed by atoms with van der Waals surface area (Å²) in [5.74, 6) is 1.12. The number of carbonyl (C=O) groups is 1. The summed E-state index contributed by atoms with van der Waals surface area (Å²) in [5.41, 5.74) is 1.58. The van der Waals surface area contributed by atoms with Crippen LogP contribution in [0.4, 0.5) is 0 Å². The second-order valence-corrected chi connectivity index (χ2v) is 5.74. The van der Waals surface area contributed by atoms with Crippen molar-refractivity contribution in [3.63, 3.8) is 0 Å². The zero-order chi connectivity index (χ0) is 18.2. The van der Waals surface area contributed by atoms with E-state index in [9.17, 15) is 4.79 Å². The molecule has 0 aliphatic rings. The second kappa shape index (κ2) is 8.54. The van der Waals surface area contributed by atoms with Crippen LogP contribution < -0.4 is 4.74 Å². The Labute approximate surface area is 152 Å². The lowest BCUT2D eigenvalue weighted by Gasteiger charge is -2.22. The lowest BCUT2D eigenvalue weighted by Crippen LogP contribution is -2.34. The van der Waals surface area contributed by atoms with Crippen LogP contribution in [-0.2, 0) is 17.9 Å². The SMILES string of the molecule is N#Cc1ccc(OCC(=O)N(Cc2ccccc2)Cc2ccco2)cc1. The molecule has 0 spiro atoms. The van der Waals surface area contributed by atoms with E-state index in [4.69, 9.17) is 14.4 Å². The number of hydrogen-bond donors (Lipinski definition) is 0. The largest absolute Gasteiger partial charge is 0.484 e. The summed E-state index contributed by atoms with van der Waals surface area (Å²) in [6.07, 6.45) is 1.59. The minimum Gasteiger partial charge on any atom is -0.484 e. The van der Waals surface area contributed by atoms with Gasteiger partial charge in [-0.25, -0.2) is 0 Å². The van der Waals surface area contributed by atoms with Gasteiger partial charge in [0.15, 0.2) is 6.61 Å². The molecule has 2 aromatic carbocycles. The number of furan rings is 1. The van der Waals surface area contributed by atoms with Gasteiger partial charge in [-0.3, -0.25) is 4.79 Å². The number of benzene rings is 2. The Balaban J connectivity index is 1.66. The van der Waals surface area contributed by atoms with Crippen molar-refractivity contribution < 1.29 is 13.9 Å². The van der Waals surface area contributed by atoms with Crippen LogP contribution in [0, 0.1) is 11.3 Å². The third-order valence-electron chi connectivity index (χ3n) is 3.84. The number of carbonyl (C=O) groups excluding carboxylic acids is 1. The summed E-state index contributed by atoms with van der Waals surface area (Å²) < 4.78 is 10.9. The number of nitriles is 1.